The smallest absolute Gasteiger partial charge is 0.257 e. The molecule has 0 fully saturated rings. The van der Waals surface area contributed by atoms with Crippen LogP contribution < -0.4 is 5.32 Å². The molecule has 8 heteroatoms. The topological polar surface area (TPSA) is 46.9 Å². The molecule has 2 aromatic carbocycles. The minimum absolute atomic E-state index is 0.208. The number of rotatable bonds is 4. The molecule has 0 unspecified atom stereocenters. The lowest BCUT2D eigenvalue weighted by molar-refractivity contribution is 0.102. The maximum absolute atomic E-state index is 12.4. The Balaban J connectivity index is 1.78. The zero-order valence-corrected chi connectivity index (χ0v) is 17.9. The Hall–Kier alpha value is -1.09. The van der Waals surface area contributed by atoms with E-state index >= 15 is 0 Å². The molecule has 0 saturated heterocycles. The van der Waals surface area contributed by atoms with Crippen LogP contribution in [-0.2, 0) is 6.54 Å². The first-order valence-electron chi connectivity index (χ1n) is 7.17. The molecule has 3 aromatic rings. The summed E-state index contributed by atoms with van der Waals surface area (Å²) in [6.45, 7) is 0.466. The molecule has 128 valence electrons. The summed E-state index contributed by atoms with van der Waals surface area (Å²) in [5.74, 6) is 0.246. The van der Waals surface area contributed by atoms with Crippen LogP contribution in [0, 0.1) is 3.57 Å². The van der Waals surface area contributed by atoms with E-state index in [1.807, 2.05) is 24.3 Å². The zero-order valence-electron chi connectivity index (χ0n) is 12.6. The lowest BCUT2D eigenvalue weighted by atomic mass is 10.2. The van der Waals surface area contributed by atoms with Crippen molar-refractivity contribution in [1.82, 2.24) is 9.78 Å². The van der Waals surface area contributed by atoms with Crippen LogP contribution in [-0.4, -0.2) is 15.7 Å². The Labute approximate surface area is 176 Å². The molecule has 4 nitrogen and oxygen atoms in total. The van der Waals surface area contributed by atoms with Crippen LogP contribution in [0.3, 0.4) is 0 Å². The highest BCUT2D eigenvalue weighted by Gasteiger charge is 2.14. The number of hydrogen-bond acceptors (Lipinski definition) is 2. The first-order valence-corrected chi connectivity index (χ1v) is 9.79. The van der Waals surface area contributed by atoms with E-state index in [2.05, 4.69) is 48.9 Å². The Morgan fingerprint density at radius 1 is 1.24 bits per heavy atom. The lowest BCUT2D eigenvalue weighted by Crippen LogP contribution is -2.14. The van der Waals surface area contributed by atoms with Crippen molar-refractivity contribution >= 4 is 73.4 Å². The van der Waals surface area contributed by atoms with Crippen molar-refractivity contribution in [3.05, 3.63) is 77.9 Å². The third-order valence-corrected chi connectivity index (χ3v) is 5.52. The number of anilines is 1. The summed E-state index contributed by atoms with van der Waals surface area (Å²) in [7, 11) is 0. The quantitative estimate of drug-likeness (QED) is 0.414. The molecule has 0 aliphatic carbocycles. The summed E-state index contributed by atoms with van der Waals surface area (Å²) in [6, 6.07) is 12.7. The molecule has 0 bridgehead atoms. The molecule has 1 aromatic heterocycles. The van der Waals surface area contributed by atoms with Gasteiger partial charge in [0.05, 0.1) is 16.6 Å². The van der Waals surface area contributed by atoms with Crippen molar-refractivity contribution in [3.8, 4) is 0 Å². The fourth-order valence-corrected chi connectivity index (χ4v) is 3.72. The van der Waals surface area contributed by atoms with Gasteiger partial charge in [-0.2, -0.15) is 5.10 Å². The van der Waals surface area contributed by atoms with Gasteiger partial charge < -0.3 is 5.32 Å². The number of carbonyl (C=O) groups is 1. The molecule has 0 aliphatic rings. The molecule has 0 spiro atoms. The van der Waals surface area contributed by atoms with Crippen molar-refractivity contribution < 1.29 is 4.79 Å². The second-order valence-electron chi connectivity index (χ2n) is 5.19. The van der Waals surface area contributed by atoms with Crippen molar-refractivity contribution in [3.63, 3.8) is 0 Å². The Morgan fingerprint density at radius 3 is 2.72 bits per heavy atom. The number of hydrogen-bond donors (Lipinski definition) is 1. The van der Waals surface area contributed by atoms with Gasteiger partial charge in [-0.1, -0.05) is 41.4 Å². The average molecular weight is 551 g/mol. The van der Waals surface area contributed by atoms with Crippen molar-refractivity contribution in [2.45, 2.75) is 6.54 Å². The summed E-state index contributed by atoms with van der Waals surface area (Å²) < 4.78 is 3.27. The van der Waals surface area contributed by atoms with Crippen LogP contribution in [0.4, 0.5) is 5.82 Å². The molecule has 25 heavy (non-hydrogen) atoms. The fourth-order valence-electron chi connectivity index (χ4n) is 2.21. The number of carbonyl (C=O) groups excluding carboxylic acids is 1. The molecular formula is C17H11BrCl2IN3O. The number of nitrogens with one attached hydrogen (secondary N) is 1. The van der Waals surface area contributed by atoms with E-state index in [9.17, 15) is 4.79 Å². The maximum Gasteiger partial charge on any atom is 0.257 e. The van der Waals surface area contributed by atoms with Crippen molar-refractivity contribution in [1.29, 1.82) is 0 Å². The van der Waals surface area contributed by atoms with E-state index in [0.717, 1.165) is 9.13 Å². The van der Waals surface area contributed by atoms with Gasteiger partial charge in [-0.05, 0) is 68.3 Å². The number of aromatic nitrogens is 2. The van der Waals surface area contributed by atoms with E-state index in [1.165, 1.54) is 0 Å². The summed E-state index contributed by atoms with van der Waals surface area (Å²) in [4.78, 5) is 12.4. The van der Waals surface area contributed by atoms with E-state index in [-0.39, 0.29) is 5.91 Å². The van der Waals surface area contributed by atoms with Gasteiger partial charge in [0.15, 0.2) is 5.82 Å². The highest BCUT2D eigenvalue weighted by atomic mass is 127. The van der Waals surface area contributed by atoms with Crippen molar-refractivity contribution in [2.75, 3.05) is 5.32 Å². The number of nitrogens with zero attached hydrogens (tertiary/aromatic N) is 2. The summed E-state index contributed by atoms with van der Waals surface area (Å²) in [6.07, 6.45) is 1.79. The second kappa shape index (κ2) is 8.07. The monoisotopic (exact) mass is 549 g/mol. The summed E-state index contributed by atoms with van der Waals surface area (Å²) >= 11 is 17.7. The first kappa shape index (κ1) is 18.7. The molecule has 3 rings (SSSR count). The number of halogens is 4. The van der Waals surface area contributed by atoms with Gasteiger partial charge in [0.1, 0.15) is 0 Å². The fraction of sp³-hybridized carbons (Fsp3) is 0.0588. The summed E-state index contributed by atoms with van der Waals surface area (Å²) in [5.41, 5.74) is 1.49. The predicted molar refractivity (Wildman–Crippen MR) is 113 cm³/mol. The van der Waals surface area contributed by atoms with Gasteiger partial charge in [0, 0.05) is 19.8 Å². The second-order valence-corrected chi connectivity index (χ2v) is 8.05. The normalized spacial score (nSPS) is 10.7. The van der Waals surface area contributed by atoms with Crippen LogP contribution in [0.15, 0.2) is 53.1 Å². The zero-order chi connectivity index (χ0) is 18.0. The summed E-state index contributed by atoms with van der Waals surface area (Å²) in [5, 5.41) is 8.38. The van der Waals surface area contributed by atoms with Crippen LogP contribution in [0.2, 0.25) is 10.0 Å². The van der Waals surface area contributed by atoms with E-state index in [1.54, 1.807) is 29.1 Å². The van der Waals surface area contributed by atoms with Crippen LogP contribution in [0.25, 0.3) is 0 Å². The molecule has 0 saturated carbocycles. The average Bonchev–Trinajstić information content (AvgIpc) is 2.90. The molecule has 0 radical (unpaired) electrons. The van der Waals surface area contributed by atoms with E-state index in [0.29, 0.717) is 32.4 Å². The maximum atomic E-state index is 12.4. The Morgan fingerprint density at radius 2 is 2.00 bits per heavy atom. The molecular weight excluding hydrogens is 540 g/mol. The number of benzene rings is 2. The van der Waals surface area contributed by atoms with Crippen LogP contribution in [0.1, 0.15) is 15.9 Å². The van der Waals surface area contributed by atoms with E-state index in [4.69, 9.17) is 23.2 Å². The molecule has 1 amide bonds. The Bertz CT molecular complexity index is 945. The largest absolute Gasteiger partial charge is 0.304 e. The molecule has 1 heterocycles. The minimum Gasteiger partial charge on any atom is -0.304 e. The molecule has 1 N–H and O–H groups in total. The third kappa shape index (κ3) is 4.55. The van der Waals surface area contributed by atoms with Crippen LogP contribution >= 0.6 is 61.7 Å². The van der Waals surface area contributed by atoms with Crippen molar-refractivity contribution in [2.24, 2.45) is 0 Å². The van der Waals surface area contributed by atoms with Gasteiger partial charge in [0.2, 0.25) is 0 Å². The standard InChI is InChI=1S/C17H11BrCl2IN3O/c18-13-9-24(8-10-5-6-11(19)7-14(10)20)23-16(13)22-17(25)12-3-1-2-4-15(12)21/h1-7,9H,8H2,(H,22,23,25). The van der Waals surface area contributed by atoms with Gasteiger partial charge in [-0.15, -0.1) is 0 Å². The van der Waals surface area contributed by atoms with E-state index < -0.39 is 0 Å². The number of amides is 1. The highest BCUT2D eigenvalue weighted by Crippen LogP contribution is 2.25. The van der Waals surface area contributed by atoms with Gasteiger partial charge in [0.25, 0.3) is 5.91 Å². The SMILES string of the molecule is O=C(Nc1nn(Cc2ccc(Cl)cc2Cl)cc1Br)c1ccccc1I. The predicted octanol–water partition coefficient (Wildman–Crippen LogP) is 5.86. The third-order valence-electron chi connectivity index (χ3n) is 3.41. The Kier molecular flexibility index (Phi) is 6.04. The minimum atomic E-state index is -0.208. The van der Waals surface area contributed by atoms with Gasteiger partial charge in [-0.25, -0.2) is 0 Å². The van der Waals surface area contributed by atoms with Gasteiger partial charge in [-0.3, -0.25) is 9.48 Å². The molecule has 0 atom stereocenters. The first-order chi connectivity index (χ1) is 11.9. The molecule has 0 aliphatic heterocycles. The lowest BCUT2D eigenvalue weighted by Gasteiger charge is -2.06. The van der Waals surface area contributed by atoms with Crippen LogP contribution in [0.5, 0.6) is 0 Å². The highest BCUT2D eigenvalue weighted by molar-refractivity contribution is 14.1. The van der Waals surface area contributed by atoms with Gasteiger partial charge >= 0.3 is 0 Å².